The largest absolute Gasteiger partial charge is 0.459 e. The molecule has 0 saturated heterocycles. The summed E-state index contributed by atoms with van der Waals surface area (Å²) in [6.07, 6.45) is -0.731. The number of ether oxygens (including phenoxy) is 3. The zero-order valence-corrected chi connectivity index (χ0v) is 19.4. The Labute approximate surface area is 194 Å². The van der Waals surface area contributed by atoms with Crippen LogP contribution in [-0.4, -0.2) is 36.2 Å². The first-order valence-corrected chi connectivity index (χ1v) is 10.6. The van der Waals surface area contributed by atoms with Gasteiger partial charge in [-0.3, -0.25) is 4.79 Å². The summed E-state index contributed by atoms with van der Waals surface area (Å²) < 4.78 is 16.3. The van der Waals surface area contributed by atoms with Crippen LogP contribution in [0.5, 0.6) is 0 Å². The number of hydrogen-bond donors (Lipinski definition) is 2. The van der Waals surface area contributed by atoms with Crippen molar-refractivity contribution in [1.29, 1.82) is 0 Å². The minimum Gasteiger partial charge on any atom is -0.459 e. The lowest BCUT2D eigenvalue weighted by Crippen LogP contribution is -2.46. The number of hydrogen-bond acceptors (Lipinski definition) is 6. The molecule has 2 N–H and O–H groups in total. The van der Waals surface area contributed by atoms with Crippen molar-refractivity contribution >= 4 is 18.0 Å². The van der Waals surface area contributed by atoms with Gasteiger partial charge in [0.05, 0.1) is 19.8 Å². The fourth-order valence-corrected chi connectivity index (χ4v) is 2.64. The van der Waals surface area contributed by atoms with Crippen LogP contribution in [0.4, 0.5) is 4.79 Å². The molecule has 0 aliphatic carbocycles. The summed E-state index contributed by atoms with van der Waals surface area (Å²) >= 11 is 0. The molecule has 1 atom stereocenters. The SMILES string of the molecule is CC(=O)N[CH]c1ccc(COC(=O)[C@H](COCc2ccccc2)NC(=O)OC(C)(C)C)cc1. The molecule has 8 nitrogen and oxygen atoms in total. The third-order valence-corrected chi connectivity index (χ3v) is 4.17. The van der Waals surface area contributed by atoms with E-state index in [1.54, 1.807) is 51.6 Å². The van der Waals surface area contributed by atoms with E-state index in [1.165, 1.54) is 6.92 Å². The Morgan fingerprint density at radius 2 is 1.58 bits per heavy atom. The van der Waals surface area contributed by atoms with E-state index >= 15 is 0 Å². The first kappa shape index (κ1) is 25.9. The average Bonchev–Trinajstić information content (AvgIpc) is 2.75. The zero-order valence-electron chi connectivity index (χ0n) is 19.4. The molecule has 0 aromatic heterocycles. The summed E-state index contributed by atoms with van der Waals surface area (Å²) in [5.41, 5.74) is 1.79. The number of carbonyl (C=O) groups excluding carboxylic acids is 3. The second-order valence-electron chi connectivity index (χ2n) is 8.39. The van der Waals surface area contributed by atoms with Crippen molar-refractivity contribution in [2.24, 2.45) is 0 Å². The summed E-state index contributed by atoms with van der Waals surface area (Å²) in [6, 6.07) is 15.6. The maximum Gasteiger partial charge on any atom is 0.408 e. The molecular formula is C25H31N2O6. The predicted octanol–water partition coefficient (Wildman–Crippen LogP) is 3.49. The second-order valence-corrected chi connectivity index (χ2v) is 8.39. The number of carbonyl (C=O) groups is 3. The molecule has 0 heterocycles. The molecule has 0 bridgehead atoms. The fraction of sp³-hybridized carbons (Fsp3) is 0.360. The van der Waals surface area contributed by atoms with E-state index in [2.05, 4.69) is 10.6 Å². The van der Waals surface area contributed by atoms with Crippen molar-refractivity contribution in [2.45, 2.75) is 52.6 Å². The average molecular weight is 456 g/mol. The normalized spacial score (nSPS) is 11.9. The van der Waals surface area contributed by atoms with Crippen molar-refractivity contribution in [3.8, 4) is 0 Å². The molecule has 2 rings (SSSR count). The van der Waals surface area contributed by atoms with Crippen LogP contribution < -0.4 is 10.6 Å². The van der Waals surface area contributed by atoms with Crippen LogP contribution in [0.15, 0.2) is 54.6 Å². The van der Waals surface area contributed by atoms with Gasteiger partial charge in [-0.15, -0.1) is 0 Å². The van der Waals surface area contributed by atoms with Gasteiger partial charge in [0.15, 0.2) is 6.04 Å². The molecule has 0 aliphatic heterocycles. The van der Waals surface area contributed by atoms with E-state index in [-0.39, 0.29) is 25.7 Å². The highest BCUT2D eigenvalue weighted by Gasteiger charge is 2.26. The van der Waals surface area contributed by atoms with Gasteiger partial charge in [-0.2, -0.15) is 0 Å². The lowest BCUT2D eigenvalue weighted by Gasteiger charge is -2.23. The Kier molecular flexibility index (Phi) is 9.87. The van der Waals surface area contributed by atoms with Crippen LogP contribution in [-0.2, 0) is 37.0 Å². The Balaban J connectivity index is 1.93. The van der Waals surface area contributed by atoms with Crippen LogP contribution in [0.2, 0.25) is 0 Å². The Bertz CT molecular complexity index is 907. The van der Waals surface area contributed by atoms with Crippen molar-refractivity contribution in [1.82, 2.24) is 10.6 Å². The quantitative estimate of drug-likeness (QED) is 0.532. The third-order valence-electron chi connectivity index (χ3n) is 4.17. The minimum absolute atomic E-state index is 0.0183. The lowest BCUT2D eigenvalue weighted by molar-refractivity contribution is -0.149. The van der Waals surface area contributed by atoms with E-state index in [0.717, 1.165) is 16.7 Å². The van der Waals surface area contributed by atoms with Gasteiger partial charge in [-0.25, -0.2) is 9.59 Å². The molecule has 2 amide bonds. The van der Waals surface area contributed by atoms with Crippen LogP contribution in [0.1, 0.15) is 44.4 Å². The number of amides is 2. The number of rotatable bonds is 10. The molecule has 2 aromatic rings. The number of esters is 1. The zero-order chi connectivity index (χ0) is 24.3. The predicted molar refractivity (Wildman–Crippen MR) is 123 cm³/mol. The number of nitrogens with one attached hydrogen (secondary N) is 2. The van der Waals surface area contributed by atoms with Crippen LogP contribution in [0, 0.1) is 6.54 Å². The molecule has 0 spiro atoms. The molecule has 1 radical (unpaired) electrons. The summed E-state index contributed by atoms with van der Waals surface area (Å²) in [5, 5.41) is 5.12. The molecule has 0 fully saturated rings. The maximum atomic E-state index is 12.7. The van der Waals surface area contributed by atoms with Gasteiger partial charge in [-0.1, -0.05) is 54.6 Å². The molecule has 0 unspecified atom stereocenters. The summed E-state index contributed by atoms with van der Waals surface area (Å²) in [7, 11) is 0. The Morgan fingerprint density at radius 3 is 2.18 bits per heavy atom. The summed E-state index contributed by atoms with van der Waals surface area (Å²) in [5.74, 6) is -0.797. The molecule has 177 valence electrons. The Hall–Kier alpha value is -3.39. The minimum atomic E-state index is -1.03. The van der Waals surface area contributed by atoms with Crippen LogP contribution in [0.25, 0.3) is 0 Å². The number of alkyl carbamates (subject to hydrolysis) is 1. The molecule has 0 aliphatic rings. The topological polar surface area (TPSA) is 103 Å². The number of benzene rings is 2. The smallest absolute Gasteiger partial charge is 0.408 e. The standard InChI is InChI=1S/C25H31N2O6/c1-18(28)26-14-19-10-12-21(13-11-19)16-32-23(29)22(27-24(30)33-25(2,3)4)17-31-15-20-8-6-5-7-9-20/h5-14,22H,15-17H2,1-4H3,(H,26,28)(H,27,30)/t22-/m0/s1. The van der Waals surface area contributed by atoms with E-state index in [9.17, 15) is 14.4 Å². The van der Waals surface area contributed by atoms with E-state index < -0.39 is 23.7 Å². The van der Waals surface area contributed by atoms with Crippen LogP contribution >= 0.6 is 0 Å². The fourth-order valence-electron chi connectivity index (χ4n) is 2.64. The molecule has 2 aromatic carbocycles. The molecule has 8 heteroatoms. The first-order chi connectivity index (χ1) is 15.6. The van der Waals surface area contributed by atoms with E-state index in [4.69, 9.17) is 14.2 Å². The summed E-state index contributed by atoms with van der Waals surface area (Å²) in [4.78, 5) is 35.9. The van der Waals surface area contributed by atoms with Gasteiger partial charge in [0.1, 0.15) is 12.2 Å². The van der Waals surface area contributed by atoms with Gasteiger partial charge in [0.25, 0.3) is 0 Å². The summed E-state index contributed by atoms with van der Waals surface area (Å²) in [6.45, 7) is 8.45. The second kappa shape index (κ2) is 12.6. The monoisotopic (exact) mass is 455 g/mol. The Morgan fingerprint density at radius 1 is 0.939 bits per heavy atom. The van der Waals surface area contributed by atoms with Gasteiger partial charge >= 0.3 is 12.1 Å². The lowest BCUT2D eigenvalue weighted by atomic mass is 10.1. The maximum absolute atomic E-state index is 12.7. The highest BCUT2D eigenvalue weighted by molar-refractivity contribution is 5.81. The van der Waals surface area contributed by atoms with Gasteiger partial charge in [0.2, 0.25) is 5.91 Å². The van der Waals surface area contributed by atoms with Crippen molar-refractivity contribution < 1.29 is 28.6 Å². The van der Waals surface area contributed by atoms with Crippen molar-refractivity contribution in [2.75, 3.05) is 6.61 Å². The van der Waals surface area contributed by atoms with Crippen LogP contribution in [0.3, 0.4) is 0 Å². The van der Waals surface area contributed by atoms with Gasteiger partial charge < -0.3 is 24.8 Å². The third kappa shape index (κ3) is 10.7. The van der Waals surface area contributed by atoms with Gasteiger partial charge in [0, 0.05) is 6.92 Å². The van der Waals surface area contributed by atoms with E-state index in [0.29, 0.717) is 0 Å². The molecule has 0 saturated carbocycles. The first-order valence-electron chi connectivity index (χ1n) is 10.6. The highest BCUT2D eigenvalue weighted by atomic mass is 16.6. The van der Waals surface area contributed by atoms with Crippen molar-refractivity contribution in [3.05, 3.63) is 77.8 Å². The highest BCUT2D eigenvalue weighted by Crippen LogP contribution is 2.10. The molecule has 33 heavy (non-hydrogen) atoms. The molecular weight excluding hydrogens is 424 g/mol. The van der Waals surface area contributed by atoms with E-state index in [1.807, 2.05) is 30.3 Å². The van der Waals surface area contributed by atoms with Gasteiger partial charge in [-0.05, 0) is 37.5 Å². The van der Waals surface area contributed by atoms with Crippen molar-refractivity contribution in [3.63, 3.8) is 0 Å².